The molecule has 0 unspecified atom stereocenters. The summed E-state index contributed by atoms with van der Waals surface area (Å²) < 4.78 is 1.95. The van der Waals surface area contributed by atoms with Gasteiger partial charge in [0.05, 0.1) is 17.6 Å². The van der Waals surface area contributed by atoms with Crippen LogP contribution in [0, 0.1) is 6.92 Å². The highest BCUT2D eigenvalue weighted by atomic mass is 15.3. The number of aromatic nitrogens is 2. The van der Waals surface area contributed by atoms with Crippen molar-refractivity contribution in [2.75, 3.05) is 0 Å². The Balaban J connectivity index is 2.18. The Hall–Kier alpha value is -2.39. The minimum atomic E-state index is 0.523. The minimum absolute atomic E-state index is 0.523. The highest BCUT2D eigenvalue weighted by Gasteiger charge is 2.11. The predicted molar refractivity (Wildman–Crippen MR) is 81.6 cm³/mol. The Morgan fingerprint density at radius 3 is 2.60 bits per heavy atom. The molecule has 0 aliphatic heterocycles. The van der Waals surface area contributed by atoms with Crippen LogP contribution >= 0.6 is 0 Å². The Morgan fingerprint density at radius 2 is 1.85 bits per heavy atom. The largest absolute Gasteiger partial charge is 0.326 e. The molecule has 100 valence electrons. The number of para-hydroxylation sites is 1. The molecule has 2 N–H and O–H groups in total. The first-order valence-corrected chi connectivity index (χ1v) is 6.69. The summed E-state index contributed by atoms with van der Waals surface area (Å²) >= 11 is 0. The van der Waals surface area contributed by atoms with Gasteiger partial charge in [-0.3, -0.25) is 0 Å². The summed E-state index contributed by atoms with van der Waals surface area (Å²) in [5.74, 6) is 0. The zero-order chi connectivity index (χ0) is 13.9. The normalized spacial score (nSPS) is 10.7. The third-order valence-electron chi connectivity index (χ3n) is 3.40. The molecule has 0 radical (unpaired) electrons. The topological polar surface area (TPSA) is 43.8 Å². The maximum Gasteiger partial charge on any atom is 0.0744 e. The van der Waals surface area contributed by atoms with Gasteiger partial charge in [-0.2, -0.15) is 5.10 Å². The number of rotatable bonds is 3. The molecule has 3 aromatic rings. The molecule has 1 aromatic heterocycles. The minimum Gasteiger partial charge on any atom is -0.326 e. The van der Waals surface area contributed by atoms with E-state index in [4.69, 9.17) is 5.73 Å². The number of hydrogen-bond donors (Lipinski definition) is 1. The third-order valence-corrected chi connectivity index (χ3v) is 3.40. The number of nitrogens with zero attached hydrogens (tertiary/aromatic N) is 2. The van der Waals surface area contributed by atoms with Gasteiger partial charge in [0.2, 0.25) is 0 Å². The fraction of sp³-hybridized carbons (Fsp3) is 0.118. The number of benzene rings is 2. The summed E-state index contributed by atoms with van der Waals surface area (Å²) in [6.07, 6.45) is 1.82. The molecule has 0 amide bonds. The van der Waals surface area contributed by atoms with Crippen LogP contribution in [0.15, 0.2) is 60.8 Å². The molecule has 0 bridgehead atoms. The van der Waals surface area contributed by atoms with Crippen molar-refractivity contribution in [2.24, 2.45) is 5.73 Å². The quantitative estimate of drug-likeness (QED) is 0.788. The van der Waals surface area contributed by atoms with Crippen LogP contribution in [0.3, 0.4) is 0 Å². The van der Waals surface area contributed by atoms with Gasteiger partial charge in [-0.25, -0.2) is 4.68 Å². The first kappa shape index (κ1) is 12.6. The standard InChI is InChI=1S/C17H17N3/c1-13-7-8-14(12-18)16(11-13)17-9-10-19-20(17)15-5-3-2-4-6-15/h2-11H,12,18H2,1H3. The molecular formula is C17H17N3. The van der Waals surface area contributed by atoms with E-state index in [1.807, 2.05) is 35.1 Å². The van der Waals surface area contributed by atoms with E-state index >= 15 is 0 Å². The summed E-state index contributed by atoms with van der Waals surface area (Å²) in [7, 11) is 0. The summed E-state index contributed by atoms with van der Waals surface area (Å²) in [5, 5.41) is 4.44. The van der Waals surface area contributed by atoms with E-state index in [9.17, 15) is 0 Å². The summed E-state index contributed by atoms with van der Waals surface area (Å²) in [4.78, 5) is 0. The van der Waals surface area contributed by atoms with E-state index in [1.165, 1.54) is 5.56 Å². The molecule has 3 rings (SSSR count). The molecule has 0 aliphatic carbocycles. The molecule has 0 saturated carbocycles. The Kier molecular flexibility index (Phi) is 3.35. The lowest BCUT2D eigenvalue weighted by molar-refractivity contribution is 0.885. The summed E-state index contributed by atoms with van der Waals surface area (Å²) in [6, 6.07) is 18.5. The average Bonchev–Trinajstić information content (AvgIpc) is 2.97. The van der Waals surface area contributed by atoms with Crippen molar-refractivity contribution >= 4 is 0 Å². The van der Waals surface area contributed by atoms with Gasteiger partial charge in [0, 0.05) is 12.1 Å². The molecular weight excluding hydrogens is 246 g/mol. The second kappa shape index (κ2) is 5.31. The van der Waals surface area contributed by atoms with E-state index in [0.29, 0.717) is 6.54 Å². The van der Waals surface area contributed by atoms with Crippen molar-refractivity contribution in [1.82, 2.24) is 9.78 Å². The van der Waals surface area contributed by atoms with Crippen LogP contribution < -0.4 is 5.73 Å². The summed E-state index contributed by atoms with van der Waals surface area (Å²) in [5.41, 5.74) is 11.5. The van der Waals surface area contributed by atoms with Gasteiger partial charge in [0.25, 0.3) is 0 Å². The van der Waals surface area contributed by atoms with Crippen LogP contribution in [0.1, 0.15) is 11.1 Å². The van der Waals surface area contributed by atoms with Crippen LogP contribution in [0.5, 0.6) is 0 Å². The van der Waals surface area contributed by atoms with E-state index in [-0.39, 0.29) is 0 Å². The van der Waals surface area contributed by atoms with E-state index in [0.717, 1.165) is 22.5 Å². The lowest BCUT2D eigenvalue weighted by atomic mass is 10.0. The van der Waals surface area contributed by atoms with Gasteiger partial charge < -0.3 is 5.73 Å². The van der Waals surface area contributed by atoms with Gasteiger partial charge in [-0.1, -0.05) is 35.9 Å². The van der Waals surface area contributed by atoms with Gasteiger partial charge in [0.15, 0.2) is 0 Å². The van der Waals surface area contributed by atoms with Crippen molar-refractivity contribution < 1.29 is 0 Å². The third kappa shape index (κ3) is 2.24. The zero-order valence-electron chi connectivity index (χ0n) is 11.5. The molecule has 20 heavy (non-hydrogen) atoms. The van der Waals surface area contributed by atoms with Gasteiger partial charge in [0.1, 0.15) is 0 Å². The molecule has 1 heterocycles. The first-order chi connectivity index (χ1) is 9.79. The van der Waals surface area contributed by atoms with Crippen LogP contribution in [0.4, 0.5) is 0 Å². The SMILES string of the molecule is Cc1ccc(CN)c(-c2ccnn2-c2ccccc2)c1. The van der Waals surface area contributed by atoms with E-state index < -0.39 is 0 Å². The molecule has 0 atom stereocenters. The van der Waals surface area contributed by atoms with E-state index in [1.54, 1.807) is 0 Å². The predicted octanol–water partition coefficient (Wildman–Crippen LogP) is 3.31. The Labute approximate surface area is 118 Å². The molecule has 3 heteroatoms. The molecule has 0 aliphatic rings. The van der Waals surface area contributed by atoms with Crippen LogP contribution in [-0.2, 0) is 6.54 Å². The lowest BCUT2D eigenvalue weighted by Gasteiger charge is -2.12. The number of aryl methyl sites for hydroxylation is 1. The average molecular weight is 263 g/mol. The van der Waals surface area contributed by atoms with Crippen LogP contribution in [0.25, 0.3) is 16.9 Å². The second-order valence-corrected chi connectivity index (χ2v) is 4.83. The Bertz CT molecular complexity index is 714. The lowest BCUT2D eigenvalue weighted by Crippen LogP contribution is -2.03. The number of nitrogens with two attached hydrogens (primary N) is 1. The highest BCUT2D eigenvalue weighted by Crippen LogP contribution is 2.26. The fourth-order valence-electron chi connectivity index (χ4n) is 2.39. The fourth-order valence-corrected chi connectivity index (χ4v) is 2.39. The first-order valence-electron chi connectivity index (χ1n) is 6.69. The van der Waals surface area contributed by atoms with Crippen molar-refractivity contribution in [1.29, 1.82) is 0 Å². The van der Waals surface area contributed by atoms with Crippen molar-refractivity contribution in [3.8, 4) is 16.9 Å². The highest BCUT2D eigenvalue weighted by molar-refractivity contribution is 5.66. The smallest absolute Gasteiger partial charge is 0.0744 e. The van der Waals surface area contributed by atoms with Gasteiger partial charge >= 0.3 is 0 Å². The zero-order valence-corrected chi connectivity index (χ0v) is 11.5. The molecule has 0 fully saturated rings. The maximum absolute atomic E-state index is 5.87. The Morgan fingerprint density at radius 1 is 1.05 bits per heavy atom. The van der Waals surface area contributed by atoms with E-state index in [2.05, 4.69) is 42.4 Å². The second-order valence-electron chi connectivity index (χ2n) is 4.83. The molecule has 0 saturated heterocycles. The van der Waals surface area contributed by atoms with Gasteiger partial charge in [-0.05, 0) is 36.8 Å². The van der Waals surface area contributed by atoms with Crippen molar-refractivity contribution in [3.63, 3.8) is 0 Å². The van der Waals surface area contributed by atoms with Crippen LogP contribution in [0.2, 0.25) is 0 Å². The van der Waals surface area contributed by atoms with Crippen LogP contribution in [-0.4, -0.2) is 9.78 Å². The van der Waals surface area contributed by atoms with Crippen molar-refractivity contribution in [3.05, 3.63) is 71.9 Å². The molecule has 3 nitrogen and oxygen atoms in total. The molecule has 2 aromatic carbocycles. The van der Waals surface area contributed by atoms with Crippen molar-refractivity contribution in [2.45, 2.75) is 13.5 Å². The summed E-state index contributed by atoms with van der Waals surface area (Å²) in [6.45, 7) is 2.61. The monoisotopic (exact) mass is 263 g/mol. The maximum atomic E-state index is 5.87. The number of hydrogen-bond acceptors (Lipinski definition) is 2. The van der Waals surface area contributed by atoms with Gasteiger partial charge in [-0.15, -0.1) is 0 Å². The molecule has 0 spiro atoms.